The largest absolute Gasteiger partial charge is 0.508 e. The average Bonchev–Trinajstić information content (AvgIpc) is 2.57. The average molecular weight is 317 g/mol. The predicted octanol–water partition coefficient (Wildman–Crippen LogP) is 3.69. The van der Waals surface area contributed by atoms with Gasteiger partial charge in [-0.1, -0.05) is 12.1 Å². The molecular formula is C18H17F2NO2. The number of phenolic OH excluding ortho intramolecular Hbond substituents is 1. The third-order valence-electron chi connectivity index (χ3n) is 4.31. The molecule has 1 aliphatic heterocycles. The van der Waals surface area contributed by atoms with E-state index in [2.05, 4.69) is 0 Å². The number of piperidine rings is 1. The molecule has 0 radical (unpaired) electrons. The normalized spacial score (nSPS) is 15.7. The lowest BCUT2D eigenvalue weighted by molar-refractivity contribution is 0.0707. The highest BCUT2D eigenvalue weighted by atomic mass is 19.1. The summed E-state index contributed by atoms with van der Waals surface area (Å²) in [7, 11) is 0. The highest BCUT2D eigenvalue weighted by Crippen LogP contribution is 2.29. The highest BCUT2D eigenvalue weighted by Gasteiger charge is 2.26. The fourth-order valence-corrected chi connectivity index (χ4v) is 2.99. The zero-order valence-corrected chi connectivity index (χ0v) is 12.5. The summed E-state index contributed by atoms with van der Waals surface area (Å²) < 4.78 is 26.9. The van der Waals surface area contributed by atoms with Gasteiger partial charge in [-0.3, -0.25) is 4.79 Å². The molecule has 0 saturated carbocycles. The number of hydrogen-bond donors (Lipinski definition) is 1. The lowest BCUT2D eigenvalue weighted by Crippen LogP contribution is -2.38. The van der Waals surface area contributed by atoms with Crippen molar-refractivity contribution < 1.29 is 18.7 Å². The molecule has 3 nitrogen and oxygen atoms in total. The number of phenols is 1. The fourth-order valence-electron chi connectivity index (χ4n) is 2.99. The van der Waals surface area contributed by atoms with Gasteiger partial charge in [0.25, 0.3) is 5.91 Å². The van der Waals surface area contributed by atoms with Crippen LogP contribution in [0.5, 0.6) is 5.75 Å². The van der Waals surface area contributed by atoms with Crippen LogP contribution in [0, 0.1) is 11.6 Å². The van der Waals surface area contributed by atoms with Crippen LogP contribution in [0.4, 0.5) is 8.78 Å². The number of likely N-dealkylation sites (tertiary alicyclic amines) is 1. The Labute approximate surface area is 133 Å². The maximum atomic E-state index is 13.7. The molecule has 0 bridgehead atoms. The molecule has 1 amide bonds. The molecule has 0 aromatic heterocycles. The van der Waals surface area contributed by atoms with Crippen molar-refractivity contribution >= 4 is 5.91 Å². The van der Waals surface area contributed by atoms with Crippen LogP contribution in [-0.2, 0) is 0 Å². The first kappa shape index (κ1) is 15.5. The Hall–Kier alpha value is -2.43. The summed E-state index contributed by atoms with van der Waals surface area (Å²) in [6.45, 7) is 1.00. The van der Waals surface area contributed by atoms with Gasteiger partial charge in [-0.2, -0.15) is 0 Å². The van der Waals surface area contributed by atoms with E-state index in [1.54, 1.807) is 17.0 Å². The second-order valence-electron chi connectivity index (χ2n) is 5.78. The molecular weight excluding hydrogens is 300 g/mol. The Morgan fingerprint density at radius 2 is 1.70 bits per heavy atom. The summed E-state index contributed by atoms with van der Waals surface area (Å²) in [6.07, 6.45) is 1.51. The third kappa shape index (κ3) is 3.33. The van der Waals surface area contributed by atoms with Crippen LogP contribution >= 0.6 is 0 Å². The van der Waals surface area contributed by atoms with Crippen LogP contribution in [0.25, 0.3) is 0 Å². The van der Waals surface area contributed by atoms with Gasteiger partial charge in [0.2, 0.25) is 0 Å². The molecule has 120 valence electrons. The molecule has 0 atom stereocenters. The molecule has 2 aromatic carbocycles. The summed E-state index contributed by atoms with van der Waals surface area (Å²) in [5, 5.41) is 9.33. The molecule has 3 rings (SSSR count). The molecule has 5 heteroatoms. The molecule has 1 fully saturated rings. The highest BCUT2D eigenvalue weighted by molar-refractivity contribution is 5.94. The smallest absolute Gasteiger partial charge is 0.256 e. The second-order valence-corrected chi connectivity index (χ2v) is 5.78. The van der Waals surface area contributed by atoms with E-state index in [4.69, 9.17) is 0 Å². The summed E-state index contributed by atoms with van der Waals surface area (Å²) in [4.78, 5) is 13.9. The Morgan fingerprint density at radius 3 is 2.35 bits per heavy atom. The van der Waals surface area contributed by atoms with E-state index in [-0.39, 0.29) is 11.3 Å². The minimum absolute atomic E-state index is 0.215. The topological polar surface area (TPSA) is 40.5 Å². The molecule has 1 heterocycles. The Bertz CT molecular complexity index is 707. The maximum absolute atomic E-state index is 13.7. The van der Waals surface area contributed by atoms with E-state index in [0.29, 0.717) is 19.0 Å². The summed E-state index contributed by atoms with van der Waals surface area (Å²) in [5.41, 5.74) is 0.903. The van der Waals surface area contributed by atoms with Gasteiger partial charge in [0.05, 0.1) is 5.56 Å². The van der Waals surface area contributed by atoms with Crippen molar-refractivity contribution in [3.63, 3.8) is 0 Å². The molecule has 0 aliphatic carbocycles. The number of carbonyl (C=O) groups excluding carboxylic acids is 1. The quantitative estimate of drug-likeness (QED) is 0.917. The van der Waals surface area contributed by atoms with Crippen LogP contribution < -0.4 is 0 Å². The number of hydrogen-bond acceptors (Lipinski definition) is 2. The van der Waals surface area contributed by atoms with Gasteiger partial charge in [0.1, 0.15) is 17.4 Å². The standard InChI is InChI=1S/C18H17F2NO2/c19-14-3-6-17(20)16(11-14)18(23)21-9-7-13(8-10-21)12-1-4-15(22)5-2-12/h1-6,11,13,22H,7-10H2. The number of rotatable bonds is 2. The van der Waals surface area contributed by atoms with Crippen molar-refractivity contribution in [1.29, 1.82) is 0 Å². The first-order valence-electron chi connectivity index (χ1n) is 7.58. The van der Waals surface area contributed by atoms with E-state index < -0.39 is 17.5 Å². The van der Waals surface area contributed by atoms with Crippen LogP contribution in [0.2, 0.25) is 0 Å². The predicted molar refractivity (Wildman–Crippen MR) is 82.3 cm³/mol. The van der Waals surface area contributed by atoms with Crippen LogP contribution in [0.15, 0.2) is 42.5 Å². The molecule has 23 heavy (non-hydrogen) atoms. The monoisotopic (exact) mass is 317 g/mol. The minimum atomic E-state index is -0.697. The van der Waals surface area contributed by atoms with Crippen LogP contribution in [-0.4, -0.2) is 29.0 Å². The first-order chi connectivity index (χ1) is 11.0. The van der Waals surface area contributed by atoms with Gasteiger partial charge >= 0.3 is 0 Å². The molecule has 2 aromatic rings. The van der Waals surface area contributed by atoms with Gasteiger partial charge < -0.3 is 10.0 Å². The molecule has 1 aliphatic rings. The Morgan fingerprint density at radius 1 is 1.04 bits per heavy atom. The SMILES string of the molecule is O=C(c1cc(F)ccc1F)N1CCC(c2ccc(O)cc2)CC1. The number of carbonyl (C=O) groups is 1. The van der Waals surface area contributed by atoms with E-state index in [9.17, 15) is 18.7 Å². The lowest BCUT2D eigenvalue weighted by atomic mass is 9.89. The van der Waals surface area contributed by atoms with Crippen molar-refractivity contribution in [2.75, 3.05) is 13.1 Å². The number of aromatic hydroxyl groups is 1. The summed E-state index contributed by atoms with van der Waals surface area (Å²) >= 11 is 0. The van der Waals surface area contributed by atoms with E-state index >= 15 is 0 Å². The van der Waals surface area contributed by atoms with Crippen molar-refractivity contribution in [3.05, 3.63) is 65.2 Å². The summed E-state index contributed by atoms with van der Waals surface area (Å²) in [5.74, 6) is -1.25. The second kappa shape index (κ2) is 6.36. The Kier molecular flexibility index (Phi) is 4.28. The third-order valence-corrected chi connectivity index (χ3v) is 4.31. The van der Waals surface area contributed by atoms with Crippen LogP contribution in [0.3, 0.4) is 0 Å². The van der Waals surface area contributed by atoms with E-state index in [1.165, 1.54) is 0 Å². The summed E-state index contributed by atoms with van der Waals surface area (Å²) in [6, 6.07) is 9.98. The molecule has 1 N–H and O–H groups in total. The van der Waals surface area contributed by atoms with Gasteiger partial charge in [-0.05, 0) is 54.7 Å². The molecule has 0 spiro atoms. The van der Waals surface area contributed by atoms with Crippen molar-refractivity contribution in [2.45, 2.75) is 18.8 Å². The molecule has 1 saturated heterocycles. The van der Waals surface area contributed by atoms with Crippen molar-refractivity contribution in [2.24, 2.45) is 0 Å². The van der Waals surface area contributed by atoms with Gasteiger partial charge in [-0.15, -0.1) is 0 Å². The van der Waals surface area contributed by atoms with Crippen LogP contribution in [0.1, 0.15) is 34.7 Å². The van der Waals surface area contributed by atoms with Crippen molar-refractivity contribution in [1.82, 2.24) is 4.90 Å². The number of benzene rings is 2. The van der Waals surface area contributed by atoms with E-state index in [0.717, 1.165) is 36.6 Å². The number of amides is 1. The lowest BCUT2D eigenvalue weighted by Gasteiger charge is -2.32. The fraction of sp³-hybridized carbons (Fsp3) is 0.278. The maximum Gasteiger partial charge on any atom is 0.256 e. The zero-order chi connectivity index (χ0) is 16.4. The first-order valence-corrected chi connectivity index (χ1v) is 7.58. The minimum Gasteiger partial charge on any atom is -0.508 e. The van der Waals surface area contributed by atoms with Crippen molar-refractivity contribution in [3.8, 4) is 5.75 Å². The van der Waals surface area contributed by atoms with E-state index in [1.807, 2.05) is 12.1 Å². The van der Waals surface area contributed by atoms with Gasteiger partial charge in [-0.25, -0.2) is 8.78 Å². The van der Waals surface area contributed by atoms with Gasteiger partial charge in [0.15, 0.2) is 0 Å². The molecule has 0 unspecified atom stereocenters. The number of nitrogens with zero attached hydrogens (tertiary/aromatic N) is 1. The Balaban J connectivity index is 1.67. The number of halogens is 2. The van der Waals surface area contributed by atoms with Gasteiger partial charge in [0, 0.05) is 13.1 Å². The zero-order valence-electron chi connectivity index (χ0n) is 12.5.